The molecule has 0 spiro atoms. The fourth-order valence-corrected chi connectivity index (χ4v) is 3.28. The number of nitrogens with one attached hydrogen (secondary N) is 2. The number of rotatable bonds is 2. The van der Waals surface area contributed by atoms with Gasteiger partial charge in [-0.3, -0.25) is 9.78 Å². The lowest BCUT2D eigenvalue weighted by Crippen LogP contribution is -2.44. The van der Waals surface area contributed by atoms with Crippen molar-refractivity contribution in [2.45, 2.75) is 31.1 Å². The van der Waals surface area contributed by atoms with Crippen molar-refractivity contribution < 1.29 is 18.0 Å². The van der Waals surface area contributed by atoms with Crippen LogP contribution in [-0.4, -0.2) is 29.5 Å². The molecule has 1 aromatic rings. The van der Waals surface area contributed by atoms with Crippen molar-refractivity contribution in [3.8, 4) is 0 Å². The number of aromatic nitrogens is 1. The summed E-state index contributed by atoms with van der Waals surface area (Å²) in [5, 5.41) is 5.63. The van der Waals surface area contributed by atoms with Gasteiger partial charge in [0, 0.05) is 24.8 Å². The van der Waals surface area contributed by atoms with E-state index in [4.69, 9.17) is 11.6 Å². The van der Waals surface area contributed by atoms with E-state index in [1.807, 2.05) is 0 Å². The van der Waals surface area contributed by atoms with Crippen LogP contribution in [0.1, 0.15) is 28.9 Å². The van der Waals surface area contributed by atoms with E-state index in [-0.39, 0.29) is 11.7 Å². The van der Waals surface area contributed by atoms with Crippen molar-refractivity contribution in [3.05, 3.63) is 28.5 Å². The van der Waals surface area contributed by atoms with Crippen molar-refractivity contribution in [1.82, 2.24) is 15.6 Å². The molecule has 0 aromatic carbocycles. The van der Waals surface area contributed by atoms with Crippen molar-refractivity contribution in [2.75, 3.05) is 6.54 Å². The van der Waals surface area contributed by atoms with Crippen molar-refractivity contribution in [2.24, 2.45) is 5.92 Å². The number of halogens is 4. The fourth-order valence-electron chi connectivity index (χ4n) is 3.02. The van der Waals surface area contributed by atoms with Crippen LogP contribution in [0.5, 0.6) is 0 Å². The molecule has 21 heavy (non-hydrogen) atoms. The summed E-state index contributed by atoms with van der Waals surface area (Å²) in [6, 6.07) is 1.43. The van der Waals surface area contributed by atoms with Gasteiger partial charge in [0.2, 0.25) is 0 Å². The Hall–Kier alpha value is -1.34. The van der Waals surface area contributed by atoms with Crippen LogP contribution < -0.4 is 10.6 Å². The van der Waals surface area contributed by atoms with E-state index in [2.05, 4.69) is 15.6 Å². The van der Waals surface area contributed by atoms with Gasteiger partial charge in [0.25, 0.3) is 5.91 Å². The van der Waals surface area contributed by atoms with Gasteiger partial charge in [0.05, 0.1) is 10.6 Å². The zero-order valence-electron chi connectivity index (χ0n) is 10.9. The van der Waals surface area contributed by atoms with Crippen LogP contribution in [-0.2, 0) is 6.18 Å². The maximum atomic E-state index is 12.6. The normalized spacial score (nSPS) is 27.9. The molecule has 3 rings (SSSR count). The molecule has 2 bridgehead atoms. The first kappa shape index (κ1) is 14.6. The second kappa shape index (κ2) is 5.14. The molecular formula is C13H13ClF3N3O. The second-order valence-corrected chi connectivity index (χ2v) is 5.87. The minimum Gasteiger partial charge on any atom is -0.348 e. The highest BCUT2D eigenvalue weighted by molar-refractivity contribution is 6.31. The number of carbonyl (C=O) groups is 1. The van der Waals surface area contributed by atoms with E-state index in [1.54, 1.807) is 0 Å². The number of alkyl halides is 3. The Labute approximate surface area is 124 Å². The van der Waals surface area contributed by atoms with Crippen LogP contribution in [0.3, 0.4) is 0 Å². The van der Waals surface area contributed by atoms with Crippen LogP contribution in [0.4, 0.5) is 13.2 Å². The Morgan fingerprint density at radius 3 is 2.71 bits per heavy atom. The number of piperidine rings is 1. The summed E-state index contributed by atoms with van der Waals surface area (Å²) in [5.74, 6) is -0.105. The molecule has 2 fully saturated rings. The summed E-state index contributed by atoms with van der Waals surface area (Å²) in [4.78, 5) is 15.6. The van der Waals surface area contributed by atoms with Crippen molar-refractivity contribution in [1.29, 1.82) is 0 Å². The summed E-state index contributed by atoms with van der Waals surface area (Å²) in [7, 11) is 0. The maximum absolute atomic E-state index is 12.6. The first-order chi connectivity index (χ1) is 9.84. The lowest BCUT2D eigenvalue weighted by Gasteiger charge is -2.23. The molecule has 1 aliphatic carbocycles. The minimum absolute atomic E-state index is 0.0478. The van der Waals surface area contributed by atoms with Gasteiger partial charge in [-0.25, -0.2) is 0 Å². The molecule has 1 saturated heterocycles. The summed E-state index contributed by atoms with van der Waals surface area (Å²) >= 11 is 5.59. The summed E-state index contributed by atoms with van der Waals surface area (Å²) in [6.45, 7) is 0.858. The molecule has 3 unspecified atom stereocenters. The van der Waals surface area contributed by atoms with E-state index in [1.165, 1.54) is 0 Å². The van der Waals surface area contributed by atoms with E-state index >= 15 is 0 Å². The largest absolute Gasteiger partial charge is 0.419 e. The Balaban J connectivity index is 1.72. The van der Waals surface area contributed by atoms with Crippen molar-refractivity contribution >= 4 is 17.5 Å². The SMILES string of the molecule is O=C(NC1CC2CC1CN2)c1cc(Cl)c(C(F)(F)F)cn1. The highest BCUT2D eigenvalue weighted by atomic mass is 35.5. The Bertz CT molecular complexity index is 578. The van der Waals surface area contributed by atoms with Crippen LogP contribution in [0.15, 0.2) is 12.3 Å². The van der Waals surface area contributed by atoms with Crippen molar-refractivity contribution in [3.63, 3.8) is 0 Å². The average molecular weight is 320 g/mol. The van der Waals surface area contributed by atoms with Gasteiger partial charge < -0.3 is 10.6 Å². The Kier molecular flexibility index (Phi) is 3.57. The minimum atomic E-state index is -4.57. The molecule has 8 heteroatoms. The van der Waals surface area contributed by atoms with E-state index in [0.29, 0.717) is 18.2 Å². The summed E-state index contributed by atoms with van der Waals surface area (Å²) in [5.41, 5.74) is -1.13. The molecule has 114 valence electrons. The maximum Gasteiger partial charge on any atom is 0.419 e. The molecule has 1 aromatic heterocycles. The molecule has 3 atom stereocenters. The third-order valence-corrected chi connectivity index (χ3v) is 4.38. The van der Waals surface area contributed by atoms with E-state index < -0.39 is 22.7 Å². The van der Waals surface area contributed by atoms with Crippen LogP contribution >= 0.6 is 11.6 Å². The third-order valence-electron chi connectivity index (χ3n) is 4.07. The number of pyridine rings is 1. The fraction of sp³-hybridized carbons (Fsp3) is 0.538. The molecular weight excluding hydrogens is 307 g/mol. The summed E-state index contributed by atoms with van der Waals surface area (Å²) in [6.07, 6.45) is -2.12. The Morgan fingerprint density at radius 1 is 1.43 bits per heavy atom. The lowest BCUT2D eigenvalue weighted by molar-refractivity contribution is -0.137. The monoisotopic (exact) mass is 319 g/mol. The van der Waals surface area contributed by atoms with Gasteiger partial charge in [-0.1, -0.05) is 11.6 Å². The molecule has 1 amide bonds. The van der Waals surface area contributed by atoms with E-state index in [9.17, 15) is 18.0 Å². The number of nitrogens with zero attached hydrogens (tertiary/aromatic N) is 1. The van der Waals surface area contributed by atoms with Gasteiger partial charge in [-0.15, -0.1) is 0 Å². The predicted octanol–water partition coefficient (Wildman–Crippen LogP) is 2.23. The number of fused-ring (bicyclic) bond motifs is 2. The zero-order valence-corrected chi connectivity index (χ0v) is 11.6. The molecule has 2 N–H and O–H groups in total. The predicted molar refractivity (Wildman–Crippen MR) is 70.0 cm³/mol. The zero-order chi connectivity index (χ0) is 15.2. The first-order valence-electron chi connectivity index (χ1n) is 6.61. The number of hydrogen-bond acceptors (Lipinski definition) is 3. The van der Waals surface area contributed by atoms with Gasteiger partial charge >= 0.3 is 6.18 Å². The average Bonchev–Trinajstić information content (AvgIpc) is 2.99. The molecule has 2 heterocycles. The van der Waals surface area contributed by atoms with Gasteiger partial charge in [0.1, 0.15) is 5.69 Å². The first-order valence-corrected chi connectivity index (χ1v) is 6.99. The topological polar surface area (TPSA) is 54.0 Å². The quantitative estimate of drug-likeness (QED) is 0.879. The molecule has 1 saturated carbocycles. The second-order valence-electron chi connectivity index (χ2n) is 5.46. The number of carbonyl (C=O) groups excluding carboxylic acids is 1. The summed E-state index contributed by atoms with van der Waals surface area (Å²) < 4.78 is 37.7. The lowest BCUT2D eigenvalue weighted by atomic mass is 10.0. The van der Waals surface area contributed by atoms with Crippen LogP contribution in [0, 0.1) is 5.92 Å². The standard InChI is InChI=1S/C13H13ClF3N3O/c14-9-3-11(19-5-8(9)13(15,16)17)12(21)20-10-2-7-1-6(10)4-18-7/h3,5-7,10,18H,1-2,4H2,(H,20,21). The highest BCUT2D eigenvalue weighted by Crippen LogP contribution is 2.34. The van der Waals surface area contributed by atoms with Gasteiger partial charge in [0.15, 0.2) is 0 Å². The van der Waals surface area contributed by atoms with Gasteiger partial charge in [-0.05, 0) is 24.8 Å². The smallest absolute Gasteiger partial charge is 0.348 e. The number of hydrogen-bond donors (Lipinski definition) is 2. The van der Waals surface area contributed by atoms with Gasteiger partial charge in [-0.2, -0.15) is 13.2 Å². The Morgan fingerprint density at radius 2 is 2.19 bits per heavy atom. The van der Waals surface area contributed by atoms with Crippen LogP contribution in [0.25, 0.3) is 0 Å². The third kappa shape index (κ3) is 2.85. The highest BCUT2D eigenvalue weighted by Gasteiger charge is 2.40. The molecule has 0 radical (unpaired) electrons. The molecule has 2 aliphatic rings. The van der Waals surface area contributed by atoms with Crippen LogP contribution in [0.2, 0.25) is 5.02 Å². The van der Waals surface area contributed by atoms with E-state index in [0.717, 1.165) is 25.5 Å². The molecule has 1 aliphatic heterocycles. The number of amides is 1. The molecule has 4 nitrogen and oxygen atoms in total.